The molecule has 0 saturated carbocycles. The van der Waals surface area contributed by atoms with Gasteiger partial charge in [0.05, 0.1) is 43.2 Å². The Bertz CT molecular complexity index is 1610. The summed E-state index contributed by atoms with van der Waals surface area (Å²) in [6.45, 7) is 2.34. The normalized spacial score (nSPS) is 13.4. The number of amidine groups is 1. The molecular formula is C25H29FN8O4S. The molecule has 0 unspecified atom stereocenters. The number of amides is 1. The van der Waals surface area contributed by atoms with Crippen molar-refractivity contribution in [2.75, 3.05) is 22.9 Å². The molecule has 206 valence electrons. The summed E-state index contributed by atoms with van der Waals surface area (Å²) in [6.07, 6.45) is 3.39. The zero-order valence-electron chi connectivity index (χ0n) is 22.1. The summed E-state index contributed by atoms with van der Waals surface area (Å²) in [4.78, 5) is 20.5. The van der Waals surface area contributed by atoms with Crippen LogP contribution < -0.4 is 9.62 Å². The molecule has 14 heteroatoms. The summed E-state index contributed by atoms with van der Waals surface area (Å²) in [7, 11) is -0.580. The number of aromatic nitrogens is 3. The lowest BCUT2D eigenvalue weighted by Crippen LogP contribution is -2.26. The Morgan fingerprint density at radius 2 is 2.00 bits per heavy atom. The van der Waals surface area contributed by atoms with E-state index in [1.807, 2.05) is 0 Å². The van der Waals surface area contributed by atoms with Crippen molar-refractivity contribution >= 4 is 39.7 Å². The standard InChI is InChI=1S/C25H29FN8O4S/c1-25(2,26)19-7-14(12-35)6-16-18(19)11-34(24(16)36)21-9-15(8-20(30-21)31-39(5,37)38)22-17(10-29-33(22)4)23(28)32(3)13-27/h6-10,13,27-28,35H,11-12H2,1-5H3,(H,30,31). The quantitative estimate of drug-likeness (QED) is 0.244. The van der Waals surface area contributed by atoms with Crippen LogP contribution in [0.1, 0.15) is 46.5 Å². The van der Waals surface area contributed by atoms with Crippen molar-refractivity contribution in [1.82, 2.24) is 19.7 Å². The number of hydrogen-bond acceptors (Lipinski definition) is 8. The number of benzene rings is 1. The molecule has 0 aliphatic carbocycles. The Balaban J connectivity index is 1.90. The smallest absolute Gasteiger partial charge is 0.260 e. The number of alkyl halides is 1. The number of fused-ring (bicyclic) bond motifs is 1. The molecule has 0 bridgehead atoms. The van der Waals surface area contributed by atoms with Crippen LogP contribution in [0.3, 0.4) is 0 Å². The van der Waals surface area contributed by atoms with E-state index in [-0.39, 0.29) is 41.7 Å². The predicted octanol–water partition coefficient (Wildman–Crippen LogP) is 2.58. The molecule has 1 aliphatic heterocycles. The Labute approximate surface area is 225 Å². The fraction of sp³-hybridized carbons (Fsp3) is 0.320. The number of carbonyl (C=O) groups is 1. The van der Waals surface area contributed by atoms with E-state index in [1.165, 1.54) is 59.8 Å². The Morgan fingerprint density at radius 1 is 1.31 bits per heavy atom. The van der Waals surface area contributed by atoms with Gasteiger partial charge in [0, 0.05) is 25.2 Å². The number of aryl methyl sites for hydroxylation is 1. The minimum atomic E-state index is -3.76. The van der Waals surface area contributed by atoms with Crippen LogP contribution in [-0.2, 0) is 35.9 Å². The van der Waals surface area contributed by atoms with Gasteiger partial charge in [0.25, 0.3) is 5.91 Å². The van der Waals surface area contributed by atoms with Gasteiger partial charge in [0.1, 0.15) is 23.1 Å². The fourth-order valence-corrected chi connectivity index (χ4v) is 5.00. The molecule has 3 aromatic rings. The predicted molar refractivity (Wildman–Crippen MR) is 145 cm³/mol. The number of carbonyl (C=O) groups excluding carboxylic acids is 1. The van der Waals surface area contributed by atoms with Crippen molar-refractivity contribution < 1.29 is 22.7 Å². The van der Waals surface area contributed by atoms with Crippen LogP contribution in [0.5, 0.6) is 0 Å². The number of hydrogen-bond donors (Lipinski definition) is 4. The van der Waals surface area contributed by atoms with Crippen LogP contribution in [0, 0.1) is 10.8 Å². The molecule has 4 rings (SSSR count). The van der Waals surface area contributed by atoms with Crippen molar-refractivity contribution in [3.8, 4) is 11.3 Å². The van der Waals surface area contributed by atoms with E-state index >= 15 is 4.39 Å². The number of nitrogens with one attached hydrogen (secondary N) is 3. The molecule has 0 atom stereocenters. The lowest BCUT2D eigenvalue weighted by atomic mass is 9.90. The van der Waals surface area contributed by atoms with Crippen LogP contribution in [0.15, 0.2) is 30.5 Å². The van der Waals surface area contributed by atoms with E-state index in [1.54, 1.807) is 13.1 Å². The van der Waals surface area contributed by atoms with Gasteiger partial charge in [-0.2, -0.15) is 5.10 Å². The molecule has 0 spiro atoms. The first-order valence-electron chi connectivity index (χ1n) is 11.8. The van der Waals surface area contributed by atoms with E-state index in [4.69, 9.17) is 10.8 Å². The summed E-state index contributed by atoms with van der Waals surface area (Å²) < 4.78 is 43.2. The van der Waals surface area contributed by atoms with Gasteiger partial charge in [-0.25, -0.2) is 17.8 Å². The molecule has 1 aromatic carbocycles. The molecule has 39 heavy (non-hydrogen) atoms. The molecular weight excluding hydrogens is 527 g/mol. The van der Waals surface area contributed by atoms with E-state index in [0.29, 0.717) is 27.9 Å². The minimum absolute atomic E-state index is 0.0259. The van der Waals surface area contributed by atoms with Gasteiger partial charge in [0.2, 0.25) is 10.0 Å². The van der Waals surface area contributed by atoms with Gasteiger partial charge < -0.3 is 10.0 Å². The van der Waals surface area contributed by atoms with Crippen LogP contribution in [0.2, 0.25) is 0 Å². The van der Waals surface area contributed by atoms with Crippen molar-refractivity contribution in [3.63, 3.8) is 0 Å². The molecule has 12 nitrogen and oxygen atoms in total. The number of rotatable bonds is 8. The average Bonchev–Trinajstić information content (AvgIpc) is 3.40. The maximum absolute atomic E-state index is 15.2. The summed E-state index contributed by atoms with van der Waals surface area (Å²) in [5.74, 6) is -0.496. The van der Waals surface area contributed by atoms with Crippen LogP contribution >= 0.6 is 0 Å². The number of pyridine rings is 1. The molecule has 1 aliphatic rings. The molecule has 1 amide bonds. The average molecular weight is 557 g/mol. The maximum Gasteiger partial charge on any atom is 0.260 e. The first kappa shape index (κ1) is 27.9. The minimum Gasteiger partial charge on any atom is -0.392 e. The summed E-state index contributed by atoms with van der Waals surface area (Å²) in [6, 6.07) is 6.06. The number of sulfonamides is 1. The van der Waals surface area contributed by atoms with Gasteiger partial charge in [-0.1, -0.05) is 0 Å². The second-order valence-electron chi connectivity index (χ2n) is 9.78. The highest BCUT2D eigenvalue weighted by molar-refractivity contribution is 7.92. The number of halogens is 1. The zero-order valence-corrected chi connectivity index (χ0v) is 22.9. The van der Waals surface area contributed by atoms with Crippen LogP contribution in [0.25, 0.3) is 11.3 Å². The van der Waals surface area contributed by atoms with Gasteiger partial charge in [0.15, 0.2) is 0 Å². The second-order valence-corrected chi connectivity index (χ2v) is 11.5. The monoisotopic (exact) mass is 556 g/mol. The highest BCUT2D eigenvalue weighted by Gasteiger charge is 2.36. The van der Waals surface area contributed by atoms with E-state index in [9.17, 15) is 18.3 Å². The van der Waals surface area contributed by atoms with Gasteiger partial charge >= 0.3 is 0 Å². The SMILES string of the molecule is CN(C=N)C(=N)c1cnn(C)c1-c1cc(NS(C)(=O)=O)nc(N2Cc3c(cc(CO)cc3C(C)(C)F)C2=O)c1. The number of aliphatic hydroxyl groups excluding tert-OH is 1. The van der Waals surface area contributed by atoms with E-state index in [2.05, 4.69) is 14.8 Å². The van der Waals surface area contributed by atoms with Crippen molar-refractivity contribution in [2.24, 2.45) is 7.05 Å². The second kappa shape index (κ2) is 9.85. The lowest BCUT2D eigenvalue weighted by molar-refractivity contribution is 0.0996. The third-order valence-corrected chi connectivity index (χ3v) is 6.90. The molecule has 0 radical (unpaired) electrons. The van der Waals surface area contributed by atoms with Crippen LogP contribution in [0.4, 0.5) is 16.0 Å². The van der Waals surface area contributed by atoms with Gasteiger partial charge in [-0.05, 0) is 54.8 Å². The largest absolute Gasteiger partial charge is 0.392 e. The Morgan fingerprint density at radius 3 is 2.59 bits per heavy atom. The molecule has 2 aromatic heterocycles. The number of anilines is 2. The van der Waals surface area contributed by atoms with Gasteiger partial charge in [-0.15, -0.1) is 0 Å². The number of aliphatic hydroxyl groups is 1. The molecule has 0 saturated heterocycles. The Hall–Kier alpha value is -4.17. The highest BCUT2D eigenvalue weighted by atomic mass is 32.2. The lowest BCUT2D eigenvalue weighted by Gasteiger charge is -2.20. The van der Waals surface area contributed by atoms with Crippen molar-refractivity contribution in [1.29, 1.82) is 10.8 Å². The highest BCUT2D eigenvalue weighted by Crippen LogP contribution is 2.38. The summed E-state index contributed by atoms with van der Waals surface area (Å²) >= 11 is 0. The van der Waals surface area contributed by atoms with E-state index in [0.717, 1.165) is 12.6 Å². The van der Waals surface area contributed by atoms with Crippen molar-refractivity contribution in [3.05, 3.63) is 58.3 Å². The zero-order chi connectivity index (χ0) is 28.9. The topological polar surface area (TPSA) is 168 Å². The summed E-state index contributed by atoms with van der Waals surface area (Å²) in [5.41, 5.74) is 0.710. The number of nitrogens with zero attached hydrogens (tertiary/aromatic N) is 5. The molecule has 3 heterocycles. The maximum atomic E-state index is 15.2. The van der Waals surface area contributed by atoms with Crippen LogP contribution in [-0.4, -0.2) is 64.6 Å². The summed E-state index contributed by atoms with van der Waals surface area (Å²) in [5, 5.41) is 29.9. The van der Waals surface area contributed by atoms with E-state index < -0.39 is 21.6 Å². The first-order valence-corrected chi connectivity index (χ1v) is 13.7. The van der Waals surface area contributed by atoms with Crippen molar-refractivity contribution in [2.45, 2.75) is 32.7 Å². The molecule has 0 fully saturated rings. The Kier molecular flexibility index (Phi) is 7.04. The first-order chi connectivity index (χ1) is 18.1. The fourth-order valence-electron chi connectivity index (χ4n) is 4.52. The third kappa shape index (κ3) is 5.38. The molecule has 4 N–H and O–H groups in total. The third-order valence-electron chi connectivity index (χ3n) is 6.32. The van der Waals surface area contributed by atoms with Gasteiger partial charge in [-0.3, -0.25) is 29.9 Å².